The molecule has 0 atom stereocenters. The van der Waals surface area contributed by atoms with Crippen LogP contribution in [0.3, 0.4) is 0 Å². The zero-order valence-corrected chi connectivity index (χ0v) is 16.0. The summed E-state index contributed by atoms with van der Waals surface area (Å²) in [6.07, 6.45) is 0. The second-order valence-electron chi connectivity index (χ2n) is 5.41. The summed E-state index contributed by atoms with van der Waals surface area (Å²) in [4.78, 5) is 23.6. The first-order valence-electron chi connectivity index (χ1n) is 7.56. The van der Waals surface area contributed by atoms with Gasteiger partial charge in [-0.2, -0.15) is 4.31 Å². The highest BCUT2D eigenvalue weighted by Crippen LogP contribution is 2.30. The van der Waals surface area contributed by atoms with Gasteiger partial charge in [0.05, 0.1) is 23.5 Å². The van der Waals surface area contributed by atoms with Gasteiger partial charge in [0.25, 0.3) is 0 Å². The van der Waals surface area contributed by atoms with Gasteiger partial charge in [-0.3, -0.25) is 14.9 Å². The van der Waals surface area contributed by atoms with E-state index in [0.29, 0.717) is 0 Å². The third-order valence-electron chi connectivity index (χ3n) is 3.90. The van der Waals surface area contributed by atoms with Crippen molar-refractivity contribution < 1.29 is 22.9 Å². The molecule has 0 aromatic heterocycles. The van der Waals surface area contributed by atoms with Gasteiger partial charge in [-0.25, -0.2) is 8.42 Å². The van der Waals surface area contributed by atoms with Gasteiger partial charge in [0.1, 0.15) is 0 Å². The lowest BCUT2D eigenvalue weighted by atomic mass is 10.3. The molecule has 0 spiro atoms. The first-order chi connectivity index (χ1) is 11.8. The van der Waals surface area contributed by atoms with Crippen molar-refractivity contribution in [1.29, 1.82) is 0 Å². The maximum absolute atomic E-state index is 12.7. The van der Waals surface area contributed by atoms with Gasteiger partial charge in [-0.1, -0.05) is 0 Å². The van der Waals surface area contributed by atoms with Gasteiger partial charge < -0.3 is 15.0 Å². The van der Waals surface area contributed by atoms with Crippen molar-refractivity contribution in [3.8, 4) is 5.75 Å². The number of rotatable bonds is 6. The summed E-state index contributed by atoms with van der Waals surface area (Å²) in [5, 5.41) is 13.8. The van der Waals surface area contributed by atoms with Gasteiger partial charge in [0.15, 0.2) is 5.75 Å². The number of sulfonamides is 1. The van der Waals surface area contributed by atoms with Gasteiger partial charge in [-0.15, -0.1) is 12.4 Å². The average Bonchev–Trinajstić information content (AvgIpc) is 2.61. The minimum atomic E-state index is -3.88. The number of halogens is 1. The van der Waals surface area contributed by atoms with Crippen LogP contribution in [0.4, 0.5) is 5.69 Å². The fourth-order valence-corrected chi connectivity index (χ4v) is 4.01. The van der Waals surface area contributed by atoms with E-state index in [2.05, 4.69) is 5.32 Å². The molecule has 1 aromatic rings. The van der Waals surface area contributed by atoms with Crippen LogP contribution >= 0.6 is 12.4 Å². The van der Waals surface area contributed by atoms with Crippen molar-refractivity contribution >= 4 is 34.0 Å². The summed E-state index contributed by atoms with van der Waals surface area (Å²) in [5.74, 6) is -0.105. The maximum atomic E-state index is 12.7. The molecule has 26 heavy (non-hydrogen) atoms. The Morgan fingerprint density at radius 1 is 1.31 bits per heavy atom. The zero-order valence-electron chi connectivity index (χ0n) is 14.4. The van der Waals surface area contributed by atoms with Crippen LogP contribution in [0.1, 0.15) is 0 Å². The maximum Gasteiger partial charge on any atom is 0.312 e. The van der Waals surface area contributed by atoms with Gasteiger partial charge in [0, 0.05) is 32.2 Å². The number of nitrogens with one attached hydrogen (secondary N) is 1. The molecule has 1 fully saturated rings. The number of likely N-dealkylation sites (N-methyl/N-ethyl adjacent to an activating group) is 1. The Kier molecular flexibility index (Phi) is 7.75. The molecule has 1 aliphatic rings. The van der Waals surface area contributed by atoms with Crippen molar-refractivity contribution in [3.05, 3.63) is 28.3 Å². The van der Waals surface area contributed by atoms with E-state index in [1.165, 1.54) is 23.5 Å². The van der Waals surface area contributed by atoms with Crippen LogP contribution in [-0.4, -0.2) is 75.3 Å². The fraction of sp³-hybridized carbons (Fsp3) is 0.500. The molecule has 0 bridgehead atoms. The normalized spacial score (nSPS) is 15.2. The summed E-state index contributed by atoms with van der Waals surface area (Å²) < 4.78 is 31.5. The van der Waals surface area contributed by atoms with Crippen molar-refractivity contribution in [3.63, 3.8) is 0 Å². The number of carbonyl (C=O) groups excluding carboxylic acids is 1. The molecule has 0 unspecified atom stereocenters. The number of ether oxygens (including phenoxy) is 1. The van der Waals surface area contributed by atoms with E-state index in [0.717, 1.165) is 6.07 Å². The molecule has 0 saturated carbocycles. The summed E-state index contributed by atoms with van der Waals surface area (Å²) in [6, 6.07) is 3.53. The van der Waals surface area contributed by atoms with E-state index < -0.39 is 20.6 Å². The van der Waals surface area contributed by atoms with E-state index in [4.69, 9.17) is 4.74 Å². The molecule has 1 N–H and O–H groups in total. The third-order valence-corrected chi connectivity index (χ3v) is 5.80. The Morgan fingerprint density at radius 3 is 2.42 bits per heavy atom. The van der Waals surface area contributed by atoms with Crippen LogP contribution in [0.15, 0.2) is 23.1 Å². The topological polar surface area (TPSA) is 122 Å². The Morgan fingerprint density at radius 2 is 1.92 bits per heavy atom. The van der Waals surface area contributed by atoms with Crippen molar-refractivity contribution in [2.45, 2.75) is 4.90 Å². The average molecular weight is 409 g/mol. The number of hydrogen-bond donors (Lipinski definition) is 1. The molecule has 1 amide bonds. The van der Waals surface area contributed by atoms with Gasteiger partial charge in [0.2, 0.25) is 15.9 Å². The molecular weight excluding hydrogens is 388 g/mol. The van der Waals surface area contributed by atoms with Crippen molar-refractivity contribution in [1.82, 2.24) is 14.5 Å². The van der Waals surface area contributed by atoms with E-state index in [-0.39, 0.29) is 61.7 Å². The highest BCUT2D eigenvalue weighted by molar-refractivity contribution is 7.89. The van der Waals surface area contributed by atoms with Crippen molar-refractivity contribution in [2.75, 3.05) is 46.9 Å². The summed E-state index contributed by atoms with van der Waals surface area (Å²) >= 11 is 0. The Labute approximate surface area is 157 Å². The molecule has 1 saturated heterocycles. The first kappa shape index (κ1) is 22.1. The number of methoxy groups -OCH3 is 1. The summed E-state index contributed by atoms with van der Waals surface area (Å²) in [5.41, 5.74) is -0.411. The molecular formula is C14H21ClN4O6S. The summed E-state index contributed by atoms with van der Waals surface area (Å²) in [6.45, 7) is 1.02. The minimum absolute atomic E-state index is 0. The number of nitrogens with zero attached hydrogens (tertiary/aromatic N) is 3. The molecule has 1 aromatic carbocycles. The minimum Gasteiger partial charge on any atom is -0.490 e. The van der Waals surface area contributed by atoms with E-state index in [1.54, 1.807) is 11.9 Å². The molecule has 146 valence electrons. The Hall–Kier alpha value is -1.95. The monoisotopic (exact) mass is 408 g/mol. The number of nitro benzene ring substituents is 1. The largest absolute Gasteiger partial charge is 0.490 e. The van der Waals surface area contributed by atoms with Crippen LogP contribution in [0.5, 0.6) is 5.75 Å². The predicted molar refractivity (Wildman–Crippen MR) is 96.2 cm³/mol. The quantitative estimate of drug-likeness (QED) is 0.522. The number of nitro groups is 1. The lowest BCUT2D eigenvalue weighted by molar-refractivity contribution is -0.386. The van der Waals surface area contributed by atoms with E-state index in [1.807, 2.05) is 0 Å². The lowest BCUT2D eigenvalue weighted by Gasteiger charge is -2.34. The number of amides is 1. The van der Waals surface area contributed by atoms with E-state index in [9.17, 15) is 23.3 Å². The standard InChI is InChI=1S/C14H20N4O6S.ClH/c1-15-10-14(19)16-5-7-17(8-6-16)25(22,23)11-3-4-13(24-2)12(9-11)18(20)21;/h3-4,9,15H,5-8,10H2,1-2H3;1H. The molecule has 1 aliphatic heterocycles. The van der Waals surface area contributed by atoms with Crippen LogP contribution in [0.2, 0.25) is 0 Å². The molecule has 2 rings (SSSR count). The molecule has 12 heteroatoms. The second kappa shape index (κ2) is 9.12. The molecule has 0 radical (unpaired) electrons. The van der Waals surface area contributed by atoms with Crippen molar-refractivity contribution in [2.24, 2.45) is 0 Å². The zero-order chi connectivity index (χ0) is 18.6. The fourth-order valence-electron chi connectivity index (χ4n) is 2.56. The summed E-state index contributed by atoms with van der Waals surface area (Å²) in [7, 11) is -0.947. The number of carbonyl (C=O) groups is 1. The first-order valence-corrected chi connectivity index (χ1v) is 9.00. The predicted octanol–water partition coefficient (Wildman–Crippen LogP) is 0.0775. The van der Waals surface area contributed by atoms with Gasteiger partial charge >= 0.3 is 5.69 Å². The second-order valence-corrected chi connectivity index (χ2v) is 7.34. The SMILES string of the molecule is CNCC(=O)N1CCN(S(=O)(=O)c2ccc(OC)c([N+](=O)[O-])c2)CC1.Cl. The van der Waals surface area contributed by atoms with Crippen LogP contribution < -0.4 is 10.1 Å². The Balaban J connectivity index is 0.00000338. The highest BCUT2D eigenvalue weighted by atomic mass is 35.5. The molecule has 1 heterocycles. The van der Waals surface area contributed by atoms with Gasteiger partial charge in [-0.05, 0) is 19.2 Å². The number of piperazine rings is 1. The number of hydrogen-bond acceptors (Lipinski definition) is 7. The Bertz CT molecular complexity index is 765. The van der Waals surface area contributed by atoms with Crippen LogP contribution in [0.25, 0.3) is 0 Å². The number of benzene rings is 1. The third kappa shape index (κ3) is 4.61. The van der Waals surface area contributed by atoms with Crippen LogP contribution in [0, 0.1) is 10.1 Å². The highest BCUT2D eigenvalue weighted by Gasteiger charge is 2.31. The lowest BCUT2D eigenvalue weighted by Crippen LogP contribution is -2.52. The van der Waals surface area contributed by atoms with E-state index >= 15 is 0 Å². The molecule has 0 aliphatic carbocycles. The smallest absolute Gasteiger partial charge is 0.312 e. The molecule has 10 nitrogen and oxygen atoms in total. The van der Waals surface area contributed by atoms with Crippen LogP contribution in [-0.2, 0) is 14.8 Å².